The van der Waals surface area contributed by atoms with Gasteiger partial charge >= 0.3 is 0 Å². The largest absolute Gasteiger partial charge is 0.455 e. The van der Waals surface area contributed by atoms with Gasteiger partial charge in [0.05, 0.1) is 5.02 Å². The van der Waals surface area contributed by atoms with Crippen molar-refractivity contribution in [3.8, 4) is 11.3 Å². The van der Waals surface area contributed by atoms with Crippen LogP contribution < -0.4 is 0 Å². The quantitative estimate of drug-likeness (QED) is 0.596. The van der Waals surface area contributed by atoms with E-state index in [0.29, 0.717) is 21.8 Å². The van der Waals surface area contributed by atoms with Crippen LogP contribution in [0, 0.1) is 5.82 Å². The predicted molar refractivity (Wildman–Crippen MR) is 66.6 cm³/mol. The van der Waals surface area contributed by atoms with Crippen molar-refractivity contribution in [3.63, 3.8) is 0 Å². The second-order valence-electron chi connectivity index (χ2n) is 3.78. The number of halogens is 2. The SMILES string of the molecule is Fc1cc(Cl)c2oc(-c3ccccc3)cc2c1. The average molecular weight is 247 g/mol. The fraction of sp³-hybridized carbons (Fsp3) is 0. The maximum Gasteiger partial charge on any atom is 0.153 e. The molecule has 3 aromatic rings. The smallest absolute Gasteiger partial charge is 0.153 e. The second kappa shape index (κ2) is 3.90. The zero-order chi connectivity index (χ0) is 11.8. The van der Waals surface area contributed by atoms with Crippen molar-refractivity contribution in [2.24, 2.45) is 0 Å². The highest BCUT2D eigenvalue weighted by Crippen LogP contribution is 2.32. The molecule has 3 heteroatoms. The molecule has 2 aromatic carbocycles. The average Bonchev–Trinajstić information content (AvgIpc) is 2.74. The van der Waals surface area contributed by atoms with E-state index in [0.717, 1.165) is 5.56 Å². The molecule has 0 saturated heterocycles. The molecule has 0 bridgehead atoms. The van der Waals surface area contributed by atoms with Gasteiger partial charge in [0.25, 0.3) is 0 Å². The first-order valence-corrected chi connectivity index (χ1v) is 5.56. The standard InChI is InChI=1S/C14H8ClFO/c15-12-8-11(16)6-10-7-13(17-14(10)12)9-4-2-1-3-5-9/h1-8H. The Morgan fingerprint density at radius 2 is 1.76 bits per heavy atom. The Balaban J connectivity index is 2.24. The molecule has 0 atom stereocenters. The van der Waals surface area contributed by atoms with E-state index in [1.165, 1.54) is 12.1 Å². The molecule has 84 valence electrons. The molecule has 0 amide bonds. The van der Waals surface area contributed by atoms with Crippen LogP contribution in [0.4, 0.5) is 4.39 Å². The van der Waals surface area contributed by atoms with Crippen LogP contribution in [-0.2, 0) is 0 Å². The molecule has 1 aromatic heterocycles. The summed E-state index contributed by atoms with van der Waals surface area (Å²) in [5.41, 5.74) is 1.46. The molecule has 1 nitrogen and oxygen atoms in total. The van der Waals surface area contributed by atoms with Gasteiger partial charge in [-0.15, -0.1) is 0 Å². The van der Waals surface area contributed by atoms with Crippen LogP contribution in [0.1, 0.15) is 0 Å². The molecule has 0 unspecified atom stereocenters. The number of benzene rings is 2. The molecule has 0 aliphatic carbocycles. The summed E-state index contributed by atoms with van der Waals surface area (Å²) in [5, 5.41) is 0.969. The molecular weight excluding hydrogens is 239 g/mol. The number of hydrogen-bond acceptors (Lipinski definition) is 1. The van der Waals surface area contributed by atoms with Gasteiger partial charge in [0.2, 0.25) is 0 Å². The Labute approximate surface area is 102 Å². The molecule has 0 radical (unpaired) electrons. The van der Waals surface area contributed by atoms with Crippen molar-refractivity contribution in [1.29, 1.82) is 0 Å². The molecule has 17 heavy (non-hydrogen) atoms. The van der Waals surface area contributed by atoms with E-state index in [-0.39, 0.29) is 5.82 Å². The molecule has 0 aliphatic heterocycles. The third-order valence-corrected chi connectivity index (χ3v) is 2.87. The zero-order valence-electron chi connectivity index (χ0n) is 8.78. The van der Waals surface area contributed by atoms with Crippen molar-refractivity contribution in [2.75, 3.05) is 0 Å². The molecule has 0 N–H and O–H groups in total. The first-order chi connectivity index (χ1) is 8.24. The van der Waals surface area contributed by atoms with E-state index >= 15 is 0 Å². The van der Waals surface area contributed by atoms with Crippen LogP contribution in [-0.4, -0.2) is 0 Å². The Kier molecular flexibility index (Phi) is 2.37. The van der Waals surface area contributed by atoms with Gasteiger partial charge < -0.3 is 4.42 Å². The molecule has 0 fully saturated rings. The number of rotatable bonds is 1. The van der Waals surface area contributed by atoms with E-state index < -0.39 is 0 Å². The lowest BCUT2D eigenvalue weighted by molar-refractivity contribution is 0.619. The lowest BCUT2D eigenvalue weighted by Crippen LogP contribution is -1.72. The van der Waals surface area contributed by atoms with Crippen LogP contribution in [0.5, 0.6) is 0 Å². The highest BCUT2D eigenvalue weighted by molar-refractivity contribution is 6.34. The van der Waals surface area contributed by atoms with Crippen LogP contribution >= 0.6 is 11.6 Å². The summed E-state index contributed by atoms with van der Waals surface area (Å²) in [6.07, 6.45) is 0. The van der Waals surface area contributed by atoms with Gasteiger partial charge in [0, 0.05) is 10.9 Å². The number of furan rings is 1. The zero-order valence-corrected chi connectivity index (χ0v) is 9.54. The van der Waals surface area contributed by atoms with E-state index in [9.17, 15) is 4.39 Å². The van der Waals surface area contributed by atoms with Gasteiger partial charge in [-0.3, -0.25) is 0 Å². The van der Waals surface area contributed by atoms with Gasteiger partial charge in [0.1, 0.15) is 11.6 Å². The van der Waals surface area contributed by atoms with Gasteiger partial charge in [-0.2, -0.15) is 0 Å². The van der Waals surface area contributed by atoms with E-state index in [4.69, 9.17) is 16.0 Å². The van der Waals surface area contributed by atoms with Crippen molar-refractivity contribution in [1.82, 2.24) is 0 Å². The number of fused-ring (bicyclic) bond motifs is 1. The van der Waals surface area contributed by atoms with Crippen LogP contribution in [0.3, 0.4) is 0 Å². The van der Waals surface area contributed by atoms with Crippen LogP contribution in [0.2, 0.25) is 5.02 Å². The Morgan fingerprint density at radius 3 is 2.53 bits per heavy atom. The summed E-state index contributed by atoms with van der Waals surface area (Å²) in [6.45, 7) is 0. The highest BCUT2D eigenvalue weighted by atomic mass is 35.5. The molecule has 0 aliphatic rings. The van der Waals surface area contributed by atoms with E-state index in [2.05, 4.69) is 0 Å². The summed E-state index contributed by atoms with van der Waals surface area (Å²) in [7, 11) is 0. The van der Waals surface area contributed by atoms with Gasteiger partial charge in [-0.1, -0.05) is 41.9 Å². The fourth-order valence-corrected chi connectivity index (χ4v) is 2.07. The van der Waals surface area contributed by atoms with Gasteiger partial charge in [-0.05, 0) is 18.2 Å². The van der Waals surface area contributed by atoms with Gasteiger partial charge in [-0.25, -0.2) is 4.39 Å². The Bertz CT molecular complexity index is 673. The summed E-state index contributed by atoms with van der Waals surface area (Å²) in [5.74, 6) is 0.330. The minimum Gasteiger partial charge on any atom is -0.455 e. The molecule has 1 heterocycles. The van der Waals surface area contributed by atoms with Crippen molar-refractivity contribution in [2.45, 2.75) is 0 Å². The third-order valence-electron chi connectivity index (χ3n) is 2.59. The summed E-state index contributed by atoms with van der Waals surface area (Å²) < 4.78 is 18.8. The Hall–Kier alpha value is -1.80. The lowest BCUT2D eigenvalue weighted by atomic mass is 10.1. The topological polar surface area (TPSA) is 13.1 Å². The molecule has 0 spiro atoms. The maximum absolute atomic E-state index is 13.2. The minimum atomic E-state index is -0.358. The number of hydrogen-bond donors (Lipinski definition) is 0. The summed E-state index contributed by atoms with van der Waals surface area (Å²) >= 11 is 5.93. The molecule has 0 saturated carbocycles. The monoisotopic (exact) mass is 246 g/mol. The van der Waals surface area contributed by atoms with Crippen LogP contribution in [0.25, 0.3) is 22.3 Å². The third kappa shape index (κ3) is 1.81. The Morgan fingerprint density at radius 1 is 1.00 bits per heavy atom. The van der Waals surface area contributed by atoms with E-state index in [1.807, 2.05) is 30.3 Å². The van der Waals surface area contributed by atoms with Crippen molar-refractivity contribution in [3.05, 3.63) is 59.4 Å². The minimum absolute atomic E-state index is 0.294. The second-order valence-corrected chi connectivity index (χ2v) is 4.19. The van der Waals surface area contributed by atoms with E-state index in [1.54, 1.807) is 6.07 Å². The predicted octanol–water partition coefficient (Wildman–Crippen LogP) is 4.89. The normalized spacial score (nSPS) is 10.9. The first kappa shape index (κ1) is 10.4. The van der Waals surface area contributed by atoms with Crippen molar-refractivity contribution >= 4 is 22.6 Å². The van der Waals surface area contributed by atoms with Gasteiger partial charge in [0.15, 0.2) is 5.58 Å². The summed E-state index contributed by atoms with van der Waals surface area (Å²) in [6, 6.07) is 14.1. The fourth-order valence-electron chi connectivity index (χ4n) is 1.82. The molecular formula is C14H8ClFO. The highest BCUT2D eigenvalue weighted by Gasteiger charge is 2.10. The maximum atomic E-state index is 13.2. The molecule has 3 rings (SSSR count). The first-order valence-electron chi connectivity index (χ1n) is 5.18. The van der Waals surface area contributed by atoms with Crippen molar-refractivity contribution < 1.29 is 8.81 Å². The lowest BCUT2D eigenvalue weighted by Gasteiger charge is -1.94. The summed E-state index contributed by atoms with van der Waals surface area (Å²) in [4.78, 5) is 0. The van der Waals surface area contributed by atoms with Crippen LogP contribution in [0.15, 0.2) is 52.9 Å².